The lowest BCUT2D eigenvalue weighted by molar-refractivity contribution is -0.116. The second-order valence-electron chi connectivity index (χ2n) is 3.61. The Labute approximate surface area is 102 Å². The van der Waals surface area contributed by atoms with Crippen LogP contribution in [0.2, 0.25) is 0 Å². The first kappa shape index (κ1) is 13.0. The largest absolute Gasteiger partial charge is 0.488 e. The monoisotopic (exact) mass is 231 g/mol. The molecule has 0 atom stereocenters. The number of carbonyl (C=O) groups excluding carboxylic acids is 1. The quantitative estimate of drug-likeness (QED) is 0.480. The minimum Gasteiger partial charge on any atom is -0.488 e. The molecule has 3 nitrogen and oxygen atoms in total. The summed E-state index contributed by atoms with van der Waals surface area (Å²) in [4.78, 5) is 11.9. The fourth-order valence-electron chi connectivity index (χ4n) is 1.27. The molecule has 3 heteroatoms. The summed E-state index contributed by atoms with van der Waals surface area (Å²) >= 11 is 0. The Morgan fingerprint density at radius 2 is 2.06 bits per heavy atom. The van der Waals surface area contributed by atoms with Crippen LogP contribution in [0.4, 0.5) is 5.69 Å². The van der Waals surface area contributed by atoms with E-state index in [2.05, 4.69) is 11.9 Å². The standard InChI is InChI=1S/C14H17NO2/c1-4-17-13(10-11(2)3)14(16)15-12-8-6-5-7-9-12/h5-10H,2,4H2,1,3H3,(H,15,16)/b13-10+. The number of rotatable bonds is 5. The maximum atomic E-state index is 11.9. The van der Waals surface area contributed by atoms with Gasteiger partial charge < -0.3 is 10.1 Å². The molecule has 0 heterocycles. The number of anilines is 1. The van der Waals surface area contributed by atoms with Crippen LogP contribution in [0, 0.1) is 0 Å². The molecule has 0 fully saturated rings. The molecule has 0 radical (unpaired) electrons. The summed E-state index contributed by atoms with van der Waals surface area (Å²) in [6, 6.07) is 9.25. The predicted molar refractivity (Wildman–Crippen MR) is 69.6 cm³/mol. The van der Waals surface area contributed by atoms with E-state index in [-0.39, 0.29) is 11.7 Å². The van der Waals surface area contributed by atoms with Crippen LogP contribution in [0.5, 0.6) is 0 Å². The predicted octanol–water partition coefficient (Wildman–Crippen LogP) is 3.12. The van der Waals surface area contributed by atoms with Gasteiger partial charge in [-0.25, -0.2) is 0 Å². The van der Waals surface area contributed by atoms with Crippen molar-refractivity contribution in [1.29, 1.82) is 0 Å². The van der Waals surface area contributed by atoms with Crippen LogP contribution < -0.4 is 5.32 Å². The van der Waals surface area contributed by atoms with Crippen LogP contribution in [-0.2, 0) is 9.53 Å². The smallest absolute Gasteiger partial charge is 0.290 e. The lowest BCUT2D eigenvalue weighted by Crippen LogP contribution is -2.16. The average molecular weight is 231 g/mol. The van der Waals surface area contributed by atoms with E-state index >= 15 is 0 Å². The van der Waals surface area contributed by atoms with Gasteiger partial charge >= 0.3 is 0 Å². The summed E-state index contributed by atoms with van der Waals surface area (Å²) in [7, 11) is 0. The van der Waals surface area contributed by atoms with Gasteiger partial charge in [-0.3, -0.25) is 4.79 Å². The van der Waals surface area contributed by atoms with Gasteiger partial charge in [-0.2, -0.15) is 0 Å². The Morgan fingerprint density at radius 3 is 2.59 bits per heavy atom. The fraction of sp³-hybridized carbons (Fsp3) is 0.214. The van der Waals surface area contributed by atoms with Gasteiger partial charge in [-0.05, 0) is 32.1 Å². The molecule has 1 rings (SSSR count). The van der Waals surface area contributed by atoms with Crippen molar-refractivity contribution in [3.63, 3.8) is 0 Å². The Hall–Kier alpha value is -2.03. The number of benzene rings is 1. The lowest BCUT2D eigenvalue weighted by atomic mass is 10.2. The topological polar surface area (TPSA) is 38.3 Å². The van der Waals surface area contributed by atoms with Gasteiger partial charge in [0.05, 0.1) is 6.61 Å². The minimum atomic E-state index is -0.263. The first-order valence-electron chi connectivity index (χ1n) is 5.50. The summed E-state index contributed by atoms with van der Waals surface area (Å²) in [5.41, 5.74) is 1.52. The number of para-hydroxylation sites is 1. The van der Waals surface area contributed by atoms with Crippen LogP contribution in [0.3, 0.4) is 0 Å². The van der Waals surface area contributed by atoms with E-state index < -0.39 is 0 Å². The van der Waals surface area contributed by atoms with Crippen LogP contribution >= 0.6 is 0 Å². The molecule has 0 aliphatic heterocycles. The Bertz CT molecular complexity index is 421. The summed E-state index contributed by atoms with van der Waals surface area (Å²) in [5, 5.41) is 2.76. The van der Waals surface area contributed by atoms with Crippen LogP contribution in [0.25, 0.3) is 0 Å². The second kappa shape index (κ2) is 6.53. The maximum Gasteiger partial charge on any atom is 0.290 e. The third-order valence-electron chi connectivity index (χ3n) is 1.93. The zero-order valence-corrected chi connectivity index (χ0v) is 10.2. The van der Waals surface area contributed by atoms with Gasteiger partial charge in [0.2, 0.25) is 0 Å². The normalized spacial score (nSPS) is 10.8. The molecule has 0 spiro atoms. The molecule has 0 aliphatic rings. The van der Waals surface area contributed by atoms with Crippen LogP contribution in [-0.4, -0.2) is 12.5 Å². The molecule has 0 unspecified atom stereocenters. The highest BCUT2D eigenvalue weighted by Crippen LogP contribution is 2.09. The van der Waals surface area contributed by atoms with Gasteiger partial charge in [0.25, 0.3) is 5.91 Å². The van der Waals surface area contributed by atoms with Crippen molar-refractivity contribution in [2.75, 3.05) is 11.9 Å². The van der Waals surface area contributed by atoms with Gasteiger partial charge in [-0.1, -0.05) is 30.4 Å². The van der Waals surface area contributed by atoms with Crippen molar-refractivity contribution in [2.24, 2.45) is 0 Å². The molecule has 90 valence electrons. The molecule has 0 aliphatic carbocycles. The Balaban J connectivity index is 2.76. The third kappa shape index (κ3) is 4.55. The summed E-state index contributed by atoms with van der Waals surface area (Å²) in [5.74, 6) is 0.0184. The molecule has 0 bridgehead atoms. The molecule has 1 amide bonds. The van der Waals surface area contributed by atoms with E-state index in [9.17, 15) is 4.79 Å². The lowest BCUT2D eigenvalue weighted by Gasteiger charge is -2.09. The zero-order valence-electron chi connectivity index (χ0n) is 10.2. The van der Waals surface area contributed by atoms with Gasteiger partial charge in [0.1, 0.15) is 0 Å². The van der Waals surface area contributed by atoms with Crippen molar-refractivity contribution in [1.82, 2.24) is 0 Å². The highest BCUT2D eigenvalue weighted by Gasteiger charge is 2.10. The number of nitrogens with one attached hydrogen (secondary N) is 1. The summed E-state index contributed by atoms with van der Waals surface area (Å²) in [6.45, 7) is 7.83. The van der Waals surface area contributed by atoms with E-state index in [1.165, 1.54) is 0 Å². The molecule has 1 N–H and O–H groups in total. The van der Waals surface area contributed by atoms with Crippen molar-refractivity contribution in [2.45, 2.75) is 13.8 Å². The minimum absolute atomic E-state index is 0.263. The first-order chi connectivity index (χ1) is 8.13. The third-order valence-corrected chi connectivity index (χ3v) is 1.93. The van der Waals surface area contributed by atoms with Crippen LogP contribution in [0.1, 0.15) is 13.8 Å². The SMILES string of the molecule is C=C(C)/C=C(/OCC)C(=O)Nc1ccccc1. The maximum absolute atomic E-state index is 11.9. The number of carbonyl (C=O) groups is 1. The molecule has 17 heavy (non-hydrogen) atoms. The zero-order chi connectivity index (χ0) is 12.7. The number of ether oxygens (including phenoxy) is 1. The summed E-state index contributed by atoms with van der Waals surface area (Å²) in [6.07, 6.45) is 1.63. The Kier molecular flexibility index (Phi) is 5.01. The van der Waals surface area contributed by atoms with E-state index in [0.29, 0.717) is 6.61 Å². The van der Waals surface area contributed by atoms with Gasteiger partial charge in [0.15, 0.2) is 5.76 Å². The molecular formula is C14H17NO2. The van der Waals surface area contributed by atoms with Gasteiger partial charge in [0, 0.05) is 5.69 Å². The van der Waals surface area contributed by atoms with E-state index in [0.717, 1.165) is 11.3 Å². The van der Waals surface area contributed by atoms with E-state index in [1.807, 2.05) is 44.2 Å². The number of hydrogen-bond donors (Lipinski definition) is 1. The number of hydrogen-bond acceptors (Lipinski definition) is 2. The second-order valence-corrected chi connectivity index (χ2v) is 3.61. The first-order valence-corrected chi connectivity index (χ1v) is 5.50. The highest BCUT2D eigenvalue weighted by atomic mass is 16.5. The van der Waals surface area contributed by atoms with E-state index in [4.69, 9.17) is 4.74 Å². The number of allylic oxidation sites excluding steroid dienone is 2. The van der Waals surface area contributed by atoms with Crippen molar-refractivity contribution in [3.05, 3.63) is 54.3 Å². The summed E-state index contributed by atoms with van der Waals surface area (Å²) < 4.78 is 5.28. The Morgan fingerprint density at radius 1 is 1.41 bits per heavy atom. The fourth-order valence-corrected chi connectivity index (χ4v) is 1.27. The molecule has 0 saturated heterocycles. The van der Waals surface area contributed by atoms with Crippen molar-refractivity contribution in [3.8, 4) is 0 Å². The van der Waals surface area contributed by atoms with Crippen LogP contribution in [0.15, 0.2) is 54.3 Å². The molecular weight excluding hydrogens is 214 g/mol. The molecule has 1 aromatic carbocycles. The molecule has 0 saturated carbocycles. The molecule has 1 aromatic rings. The van der Waals surface area contributed by atoms with Crippen molar-refractivity contribution >= 4 is 11.6 Å². The van der Waals surface area contributed by atoms with Gasteiger partial charge in [-0.15, -0.1) is 0 Å². The average Bonchev–Trinajstić information content (AvgIpc) is 2.29. The van der Waals surface area contributed by atoms with E-state index in [1.54, 1.807) is 6.08 Å². The number of amides is 1. The molecule has 0 aromatic heterocycles. The van der Waals surface area contributed by atoms with Crippen molar-refractivity contribution < 1.29 is 9.53 Å². The highest BCUT2D eigenvalue weighted by molar-refractivity contribution is 6.02.